The molecule has 5 rings (SSSR count). The zero-order chi connectivity index (χ0) is 27.4. The van der Waals surface area contributed by atoms with E-state index in [0.29, 0.717) is 37.8 Å². The number of nitrogens with one attached hydrogen (secondary N) is 1. The molecule has 4 aromatic rings. The number of ether oxygens (including phenoxy) is 2. The summed E-state index contributed by atoms with van der Waals surface area (Å²) in [5, 5.41) is 11.8. The van der Waals surface area contributed by atoms with Gasteiger partial charge in [0.1, 0.15) is 6.07 Å². The number of carbonyl (C=O) groups excluding carboxylic acids is 1. The molecule has 0 fully saturated rings. The van der Waals surface area contributed by atoms with Gasteiger partial charge < -0.3 is 14.8 Å². The van der Waals surface area contributed by atoms with Gasteiger partial charge in [0.05, 0.1) is 29.0 Å². The molecule has 1 N–H and O–H groups in total. The molecule has 1 aliphatic heterocycles. The molecule has 1 amide bonds. The summed E-state index contributed by atoms with van der Waals surface area (Å²) in [4.78, 5) is 32.6. The highest BCUT2D eigenvalue weighted by Gasteiger charge is 2.32. The highest BCUT2D eigenvalue weighted by molar-refractivity contribution is 7.07. The van der Waals surface area contributed by atoms with Crippen LogP contribution in [0.15, 0.2) is 99.9 Å². The molecule has 8 nitrogen and oxygen atoms in total. The lowest BCUT2D eigenvalue weighted by atomic mass is 9.95. The molecule has 0 bridgehead atoms. The normalized spacial score (nSPS) is 14.7. The number of hydrogen-bond donors (Lipinski definition) is 1. The lowest BCUT2D eigenvalue weighted by Crippen LogP contribution is -2.40. The average Bonchev–Trinajstić information content (AvgIpc) is 3.26. The predicted molar refractivity (Wildman–Crippen MR) is 149 cm³/mol. The Hall–Kier alpha value is -4.94. The number of allylic oxidation sites excluding steroid dienone is 1. The van der Waals surface area contributed by atoms with E-state index >= 15 is 0 Å². The van der Waals surface area contributed by atoms with Crippen LogP contribution in [0.2, 0.25) is 0 Å². The molecule has 39 heavy (non-hydrogen) atoms. The number of benzene rings is 3. The van der Waals surface area contributed by atoms with E-state index in [2.05, 4.69) is 10.3 Å². The predicted octanol–water partition coefficient (Wildman–Crippen LogP) is 3.78. The van der Waals surface area contributed by atoms with Gasteiger partial charge in [-0.25, -0.2) is 4.99 Å². The number of carbonyl (C=O) groups is 1. The third-order valence-corrected chi connectivity index (χ3v) is 7.17. The molecule has 1 aromatic heterocycles. The van der Waals surface area contributed by atoms with Crippen molar-refractivity contribution >= 4 is 29.0 Å². The van der Waals surface area contributed by atoms with Crippen LogP contribution in [0.4, 0.5) is 5.69 Å². The molecule has 9 heteroatoms. The molecular formula is C30H24N4O4S. The van der Waals surface area contributed by atoms with Crippen molar-refractivity contribution in [3.8, 4) is 17.6 Å². The fourth-order valence-corrected chi connectivity index (χ4v) is 5.48. The number of rotatable bonds is 7. The first-order chi connectivity index (χ1) is 19.0. The first-order valence-electron chi connectivity index (χ1n) is 12.1. The molecule has 0 saturated heterocycles. The largest absolute Gasteiger partial charge is 0.493 e. The lowest BCUT2D eigenvalue weighted by Gasteiger charge is -2.25. The van der Waals surface area contributed by atoms with E-state index in [0.717, 1.165) is 11.1 Å². The highest BCUT2D eigenvalue weighted by atomic mass is 32.1. The van der Waals surface area contributed by atoms with Crippen LogP contribution in [0, 0.1) is 11.3 Å². The number of amides is 1. The molecule has 2 heterocycles. The molecule has 0 spiro atoms. The van der Waals surface area contributed by atoms with E-state index in [4.69, 9.17) is 14.7 Å². The van der Waals surface area contributed by atoms with Gasteiger partial charge in [0, 0.05) is 5.69 Å². The van der Waals surface area contributed by atoms with Crippen molar-refractivity contribution in [2.75, 3.05) is 19.0 Å². The number of fused-ring (bicyclic) bond motifs is 1. The molecule has 194 valence electrons. The molecular weight excluding hydrogens is 512 g/mol. The summed E-state index contributed by atoms with van der Waals surface area (Å²) in [5.41, 5.74) is 2.88. The van der Waals surface area contributed by atoms with E-state index in [1.54, 1.807) is 35.8 Å². The Bertz CT molecular complexity index is 1780. The third kappa shape index (κ3) is 5.23. The smallest absolute Gasteiger partial charge is 0.271 e. The Morgan fingerprint density at radius 1 is 1.10 bits per heavy atom. The van der Waals surface area contributed by atoms with Crippen molar-refractivity contribution in [3.63, 3.8) is 0 Å². The van der Waals surface area contributed by atoms with Gasteiger partial charge in [0.2, 0.25) is 0 Å². The number of hydrogen-bond acceptors (Lipinski definition) is 7. The minimum atomic E-state index is -0.649. The molecule has 1 aliphatic rings. The Morgan fingerprint density at radius 2 is 1.82 bits per heavy atom. The number of anilines is 1. The highest BCUT2D eigenvalue weighted by Crippen LogP contribution is 2.31. The fraction of sp³-hybridized carbons (Fsp3) is 0.133. The Morgan fingerprint density at radius 3 is 2.51 bits per heavy atom. The van der Waals surface area contributed by atoms with E-state index in [1.807, 2.05) is 66.7 Å². The zero-order valence-corrected chi connectivity index (χ0v) is 22.1. The first-order valence-corrected chi connectivity index (χ1v) is 12.9. The quantitative estimate of drug-likeness (QED) is 0.387. The average molecular weight is 537 g/mol. The van der Waals surface area contributed by atoms with Crippen LogP contribution >= 0.6 is 11.3 Å². The third-order valence-electron chi connectivity index (χ3n) is 6.19. The van der Waals surface area contributed by atoms with Crippen molar-refractivity contribution in [1.82, 2.24) is 4.57 Å². The van der Waals surface area contributed by atoms with E-state index in [9.17, 15) is 9.59 Å². The monoisotopic (exact) mass is 536 g/mol. The maximum absolute atomic E-state index is 13.8. The minimum Gasteiger partial charge on any atom is -0.493 e. The standard InChI is InChI=1S/C30H24N4O4S/c1-19-26(28(35)33-22-11-7-4-8-12-22)27(21-9-5-3-6-10-21)34-29(36)25(39-30(34)32-19)18-20-13-14-23(38-16-15-31)24(17-20)37-2/h3-14,17-18,27H,16H2,1-2H3,(H,33,35)/b25-18-/t27-/m0/s1. The number of methoxy groups -OCH3 is 1. The number of thiazole rings is 1. The second-order valence-electron chi connectivity index (χ2n) is 8.67. The summed E-state index contributed by atoms with van der Waals surface area (Å²) < 4.78 is 12.9. The van der Waals surface area contributed by atoms with Gasteiger partial charge in [-0.15, -0.1) is 0 Å². The Kier molecular flexibility index (Phi) is 7.39. The molecule has 0 saturated carbocycles. The zero-order valence-electron chi connectivity index (χ0n) is 21.3. The lowest BCUT2D eigenvalue weighted by molar-refractivity contribution is -0.113. The number of para-hydroxylation sites is 1. The second-order valence-corrected chi connectivity index (χ2v) is 9.68. The van der Waals surface area contributed by atoms with Crippen molar-refractivity contribution in [3.05, 3.63) is 121 Å². The molecule has 1 atom stereocenters. The van der Waals surface area contributed by atoms with Crippen LogP contribution in [-0.2, 0) is 4.79 Å². The summed E-state index contributed by atoms with van der Waals surface area (Å²) in [6, 6.07) is 25.2. The molecule has 0 aliphatic carbocycles. The van der Waals surface area contributed by atoms with Gasteiger partial charge in [-0.05, 0) is 48.4 Å². The molecule has 0 unspecified atom stereocenters. The van der Waals surface area contributed by atoms with Crippen LogP contribution in [0.3, 0.4) is 0 Å². The number of aromatic nitrogens is 1. The first kappa shape index (κ1) is 25.7. The topological polar surface area (TPSA) is 106 Å². The van der Waals surface area contributed by atoms with Crippen LogP contribution in [0.25, 0.3) is 6.08 Å². The Balaban J connectivity index is 1.61. The van der Waals surface area contributed by atoms with Crippen LogP contribution in [0.1, 0.15) is 24.1 Å². The second kappa shape index (κ2) is 11.2. The summed E-state index contributed by atoms with van der Waals surface area (Å²) in [6.45, 7) is 1.69. The Labute approximate surface area is 228 Å². The van der Waals surface area contributed by atoms with Gasteiger partial charge in [0.25, 0.3) is 11.5 Å². The van der Waals surface area contributed by atoms with Crippen molar-refractivity contribution < 1.29 is 14.3 Å². The molecule has 3 aromatic carbocycles. The van der Waals surface area contributed by atoms with Crippen LogP contribution in [0.5, 0.6) is 11.5 Å². The molecule has 0 radical (unpaired) electrons. The van der Waals surface area contributed by atoms with Gasteiger partial charge in [-0.1, -0.05) is 65.9 Å². The minimum absolute atomic E-state index is 0.104. The van der Waals surface area contributed by atoms with E-state index in [-0.39, 0.29) is 18.1 Å². The maximum atomic E-state index is 13.8. The van der Waals surface area contributed by atoms with Gasteiger partial charge in [-0.3, -0.25) is 14.2 Å². The van der Waals surface area contributed by atoms with Crippen molar-refractivity contribution in [1.29, 1.82) is 5.26 Å². The fourth-order valence-electron chi connectivity index (χ4n) is 4.44. The number of nitrogens with zero attached hydrogens (tertiary/aromatic N) is 3. The van der Waals surface area contributed by atoms with Crippen LogP contribution < -0.4 is 29.7 Å². The van der Waals surface area contributed by atoms with Crippen molar-refractivity contribution in [2.45, 2.75) is 13.0 Å². The summed E-state index contributed by atoms with van der Waals surface area (Å²) in [5.74, 6) is 0.569. The summed E-state index contributed by atoms with van der Waals surface area (Å²) >= 11 is 1.26. The summed E-state index contributed by atoms with van der Waals surface area (Å²) in [6.07, 6.45) is 1.76. The van der Waals surface area contributed by atoms with Gasteiger partial charge >= 0.3 is 0 Å². The van der Waals surface area contributed by atoms with Crippen molar-refractivity contribution in [2.24, 2.45) is 4.99 Å². The van der Waals surface area contributed by atoms with Crippen LogP contribution in [-0.4, -0.2) is 24.2 Å². The SMILES string of the molecule is COc1cc(/C=c2\sc3n(c2=O)[C@@H](c2ccccc2)C(C(=O)Nc2ccccc2)=C(C)N=3)ccc1OCC#N. The van der Waals surface area contributed by atoms with E-state index < -0.39 is 6.04 Å². The van der Waals surface area contributed by atoms with Gasteiger partial charge in [-0.2, -0.15) is 5.26 Å². The maximum Gasteiger partial charge on any atom is 0.271 e. The summed E-state index contributed by atoms with van der Waals surface area (Å²) in [7, 11) is 1.51. The van der Waals surface area contributed by atoms with Gasteiger partial charge in [0.15, 0.2) is 22.9 Å². The van der Waals surface area contributed by atoms with E-state index in [1.165, 1.54) is 18.4 Å². The number of nitriles is 1.